The minimum atomic E-state index is -1.31. The van der Waals surface area contributed by atoms with Gasteiger partial charge in [-0.3, -0.25) is 43.7 Å². The maximum Gasteiger partial charge on any atom is 0.266 e. The summed E-state index contributed by atoms with van der Waals surface area (Å²) in [7, 11) is 0.0432. The number of unbranched alkanes of at least 4 members (excludes halogenated alkanes) is 5. The molecule has 5 aliphatic heterocycles. The predicted molar refractivity (Wildman–Crippen MR) is 214 cm³/mol. The van der Waals surface area contributed by atoms with Crippen LogP contribution >= 0.6 is 22.1 Å². The summed E-state index contributed by atoms with van der Waals surface area (Å²) in [5, 5.41) is 15.0. The van der Waals surface area contributed by atoms with E-state index in [0.717, 1.165) is 77.5 Å². The van der Waals surface area contributed by atoms with Gasteiger partial charge in [0, 0.05) is 40.1 Å². The van der Waals surface area contributed by atoms with Crippen molar-refractivity contribution in [3.05, 3.63) is 81.4 Å². The standard InChI is InChI=1S/C41H44ClN7O6S/c1-23-33-30(22-56(23)3)48-24(2)46-47-36(48)29(44-35(33)25-13-15-27(42)16-14-25)19-32(50)43-17-8-6-4-5-7-9-18-55-31-12-10-11-28-34(31)39(53)49(38(28)52)41-20-26(21-41)37(51)45-40(41)54/h10-16,26,29H,4-9,17-22H2,1-3H3,(H,43,50)(H,45,51,54)/t26?,29-,41?,56?/m0/s1. The van der Waals surface area contributed by atoms with E-state index in [1.807, 2.05) is 31.2 Å². The molecule has 1 aliphatic carbocycles. The van der Waals surface area contributed by atoms with Gasteiger partial charge in [-0.15, -0.1) is 10.2 Å². The lowest BCUT2D eigenvalue weighted by molar-refractivity contribution is -0.158. The number of piperidine rings is 2. The number of nitrogens with one attached hydrogen (secondary N) is 2. The maximum absolute atomic E-state index is 13.5. The molecule has 0 radical (unpaired) electrons. The number of aliphatic imine (C=N–C) groups is 1. The Morgan fingerprint density at radius 2 is 1.71 bits per heavy atom. The first-order valence-corrected chi connectivity index (χ1v) is 21.4. The van der Waals surface area contributed by atoms with Crippen LogP contribution in [-0.4, -0.2) is 90.5 Å². The van der Waals surface area contributed by atoms with E-state index in [0.29, 0.717) is 29.7 Å². The number of carbonyl (C=O) groups excluding carboxylic acids is 5. The van der Waals surface area contributed by atoms with E-state index in [1.54, 1.807) is 18.2 Å². The van der Waals surface area contributed by atoms with E-state index < -0.39 is 29.3 Å². The van der Waals surface area contributed by atoms with Crippen LogP contribution in [0.1, 0.15) is 109 Å². The third kappa shape index (κ3) is 6.59. The second-order valence-corrected chi connectivity index (χ2v) is 17.8. The third-order valence-corrected chi connectivity index (χ3v) is 13.8. The van der Waals surface area contributed by atoms with Crippen molar-refractivity contribution >= 4 is 67.9 Å². The number of hydrogen-bond acceptors (Lipinski definition) is 9. The molecule has 1 unspecified atom stereocenters. The second kappa shape index (κ2) is 15.2. The van der Waals surface area contributed by atoms with Crippen LogP contribution in [0.15, 0.2) is 53.0 Å². The van der Waals surface area contributed by atoms with Crippen molar-refractivity contribution in [3.63, 3.8) is 0 Å². The number of amides is 5. The molecule has 5 amide bonds. The van der Waals surface area contributed by atoms with Gasteiger partial charge in [0.2, 0.25) is 11.8 Å². The van der Waals surface area contributed by atoms with E-state index >= 15 is 0 Å². The number of aryl methyl sites for hydroxylation is 1. The largest absolute Gasteiger partial charge is 0.493 e. The number of aromatic nitrogens is 3. The summed E-state index contributed by atoms with van der Waals surface area (Å²) in [6.07, 6.45) is 8.21. The summed E-state index contributed by atoms with van der Waals surface area (Å²) in [4.78, 5) is 72.3. The Morgan fingerprint density at radius 3 is 2.46 bits per heavy atom. The van der Waals surface area contributed by atoms with Gasteiger partial charge in [-0.25, -0.2) is 0 Å². The van der Waals surface area contributed by atoms with E-state index in [-0.39, 0.29) is 58.6 Å². The molecule has 3 aromatic rings. The topological polar surface area (TPSA) is 165 Å². The first-order chi connectivity index (χ1) is 27.0. The number of halogens is 1. The molecule has 6 aliphatic rings. The van der Waals surface area contributed by atoms with Crippen LogP contribution in [0, 0.1) is 12.8 Å². The van der Waals surface area contributed by atoms with Gasteiger partial charge < -0.3 is 10.1 Å². The Kier molecular flexibility index (Phi) is 10.3. The number of fused-ring (bicyclic) bond motifs is 5. The summed E-state index contributed by atoms with van der Waals surface area (Å²) in [5.41, 5.74) is 3.15. The van der Waals surface area contributed by atoms with Gasteiger partial charge in [-0.1, -0.05) is 55.5 Å². The zero-order valence-electron chi connectivity index (χ0n) is 31.7. The molecule has 1 aromatic heterocycles. The van der Waals surface area contributed by atoms with Crippen molar-refractivity contribution in [2.75, 3.05) is 25.2 Å². The summed E-state index contributed by atoms with van der Waals surface area (Å²) in [6, 6.07) is 12.1. The summed E-state index contributed by atoms with van der Waals surface area (Å²) >= 11 is 6.24. The molecule has 3 fully saturated rings. The summed E-state index contributed by atoms with van der Waals surface area (Å²) in [5.74, 6) is 0.198. The Bertz CT molecular complexity index is 2270. The highest BCUT2D eigenvalue weighted by Crippen LogP contribution is 2.49. The van der Waals surface area contributed by atoms with E-state index in [4.69, 9.17) is 21.3 Å². The molecule has 292 valence electrons. The van der Waals surface area contributed by atoms with Crippen molar-refractivity contribution in [2.45, 2.75) is 83.2 Å². The number of allylic oxidation sites excluding steroid dienone is 1. The van der Waals surface area contributed by atoms with Gasteiger partial charge in [0.05, 0.1) is 29.9 Å². The number of imide groups is 2. The highest BCUT2D eigenvalue weighted by atomic mass is 35.5. The molecule has 0 spiro atoms. The lowest BCUT2D eigenvalue weighted by atomic mass is 9.63. The highest BCUT2D eigenvalue weighted by molar-refractivity contribution is 8.16. The van der Waals surface area contributed by atoms with Gasteiger partial charge in [0.15, 0.2) is 5.82 Å². The van der Waals surface area contributed by atoms with Gasteiger partial charge in [-0.05, 0) is 74.9 Å². The van der Waals surface area contributed by atoms with Gasteiger partial charge in [0.25, 0.3) is 17.7 Å². The molecule has 15 heteroatoms. The van der Waals surface area contributed by atoms with E-state index in [1.165, 1.54) is 4.86 Å². The van der Waals surface area contributed by atoms with Crippen LogP contribution in [0.25, 0.3) is 5.70 Å². The van der Waals surface area contributed by atoms with Crippen LogP contribution in [0.4, 0.5) is 0 Å². The number of benzene rings is 2. The molecule has 2 aromatic carbocycles. The molecule has 2 saturated heterocycles. The zero-order valence-corrected chi connectivity index (χ0v) is 33.2. The van der Waals surface area contributed by atoms with E-state index in [9.17, 15) is 24.0 Å². The quantitative estimate of drug-likeness (QED) is 0.124. The predicted octanol–water partition coefficient (Wildman–Crippen LogP) is 5.43. The molecule has 2 N–H and O–H groups in total. The van der Waals surface area contributed by atoms with E-state index in [2.05, 4.69) is 38.6 Å². The number of hydrogen-bond donors (Lipinski definition) is 2. The fourth-order valence-corrected chi connectivity index (χ4v) is 10.1. The Morgan fingerprint density at radius 1 is 0.982 bits per heavy atom. The van der Waals surface area contributed by atoms with Crippen LogP contribution in [0.5, 0.6) is 5.75 Å². The molecule has 2 atom stereocenters. The van der Waals surface area contributed by atoms with Crippen molar-refractivity contribution in [2.24, 2.45) is 10.9 Å². The normalized spacial score (nSPS) is 23.6. The first kappa shape index (κ1) is 37.9. The average Bonchev–Trinajstić information content (AvgIpc) is 3.73. The fraction of sp³-hybridized carbons (Fsp3) is 0.439. The fourth-order valence-electron chi connectivity index (χ4n) is 8.51. The Hall–Kier alpha value is -4.95. The molecule has 9 rings (SSSR count). The second-order valence-electron chi connectivity index (χ2n) is 15.2. The first-order valence-electron chi connectivity index (χ1n) is 19.2. The molecule has 2 bridgehead atoms. The lowest BCUT2D eigenvalue weighted by Crippen LogP contribution is -2.74. The van der Waals surface area contributed by atoms with Crippen LogP contribution in [0.2, 0.25) is 5.02 Å². The highest BCUT2D eigenvalue weighted by Gasteiger charge is 2.65. The lowest BCUT2D eigenvalue weighted by Gasteiger charge is -2.52. The monoisotopic (exact) mass is 797 g/mol. The number of carbonyl (C=O) groups is 5. The molecule has 1 saturated carbocycles. The van der Waals surface area contributed by atoms with Crippen molar-refractivity contribution in [1.29, 1.82) is 0 Å². The Balaban J connectivity index is 0.791. The minimum absolute atomic E-state index is 0.0432. The SMILES string of the molecule is CC1=S(C)CC2=C1C(c1ccc(Cl)cc1)=N[C@@H](CC(=O)NCCCCCCCCOc1cccc3c1C(=O)N(C14CC(C1)C(=O)NC4=O)C3=O)c1nnc(C)n12. The van der Waals surface area contributed by atoms with Crippen LogP contribution < -0.4 is 15.4 Å². The molecule has 6 heterocycles. The summed E-state index contributed by atoms with van der Waals surface area (Å²) in [6.45, 7) is 5.06. The number of ether oxygens (including phenoxy) is 1. The van der Waals surface area contributed by atoms with Crippen molar-refractivity contribution < 1.29 is 28.7 Å². The van der Waals surface area contributed by atoms with Gasteiger partial charge in [0.1, 0.15) is 23.2 Å². The molecule has 13 nitrogen and oxygen atoms in total. The van der Waals surface area contributed by atoms with Crippen molar-refractivity contribution in [3.8, 4) is 5.75 Å². The number of rotatable bonds is 14. The van der Waals surface area contributed by atoms with Gasteiger partial charge in [-0.2, -0.15) is 10.5 Å². The van der Waals surface area contributed by atoms with Gasteiger partial charge >= 0.3 is 0 Å². The Labute approximate surface area is 332 Å². The third-order valence-electron chi connectivity index (χ3n) is 11.6. The molecule has 56 heavy (non-hydrogen) atoms. The van der Waals surface area contributed by atoms with Crippen LogP contribution in [-0.2, 0) is 14.4 Å². The van der Waals surface area contributed by atoms with Crippen LogP contribution in [0.3, 0.4) is 0 Å². The maximum atomic E-state index is 13.5. The molecular weight excluding hydrogens is 754 g/mol. The summed E-state index contributed by atoms with van der Waals surface area (Å²) < 4.78 is 8.10. The van der Waals surface area contributed by atoms with Crippen molar-refractivity contribution in [1.82, 2.24) is 30.3 Å². The number of nitrogens with zero attached hydrogens (tertiary/aromatic N) is 5. The molecular formula is C41H44ClN7O6S. The zero-order chi connectivity index (χ0) is 39.3. The smallest absolute Gasteiger partial charge is 0.266 e. The average molecular weight is 798 g/mol. The minimum Gasteiger partial charge on any atom is -0.493 e.